The lowest BCUT2D eigenvalue weighted by atomic mass is 9.98. The Hall–Kier alpha value is -5.95. The smallest absolute Gasteiger partial charge is 0.255 e. The molecule has 3 aromatic carbocycles. The lowest BCUT2D eigenvalue weighted by Gasteiger charge is -2.34. The number of methoxy groups -OCH3 is 2. The number of halogens is 2. The minimum atomic E-state index is -0.749. The van der Waals surface area contributed by atoms with Crippen molar-refractivity contribution in [1.82, 2.24) is 25.0 Å². The van der Waals surface area contributed by atoms with E-state index in [1.165, 1.54) is 25.3 Å². The molecule has 2 saturated heterocycles. The molecule has 17 heteroatoms. The van der Waals surface area contributed by atoms with E-state index in [1.807, 2.05) is 0 Å². The fourth-order valence-corrected chi connectivity index (χ4v) is 8.18. The van der Waals surface area contributed by atoms with Crippen molar-refractivity contribution >= 4 is 74.9 Å². The van der Waals surface area contributed by atoms with Gasteiger partial charge in [-0.3, -0.25) is 39.2 Å². The van der Waals surface area contributed by atoms with E-state index in [1.54, 1.807) is 47.4 Å². The average Bonchev–Trinajstić information content (AvgIpc) is 3.56. The molecule has 15 nitrogen and oxygen atoms in total. The van der Waals surface area contributed by atoms with Crippen LogP contribution in [0, 0.1) is 11.3 Å². The van der Waals surface area contributed by atoms with Crippen molar-refractivity contribution in [1.29, 1.82) is 5.26 Å². The molecule has 1 unspecified atom stereocenters. The first-order chi connectivity index (χ1) is 28.5. The number of hydrogen-bond donors (Lipinski definition) is 2. The number of carbonyl (C=O) groups excluding carboxylic acids is 5. The Balaban J connectivity index is 0.890. The number of aromatic nitrogens is 1. The normalized spacial score (nSPS) is 16.7. The summed E-state index contributed by atoms with van der Waals surface area (Å²) >= 11 is 12.7. The van der Waals surface area contributed by atoms with Crippen molar-refractivity contribution in [3.8, 4) is 23.3 Å². The fraction of sp³-hybridized carbons (Fsp3) is 0.357. The van der Waals surface area contributed by atoms with Crippen molar-refractivity contribution in [2.45, 2.75) is 44.7 Å². The Bertz CT molecular complexity index is 2390. The van der Waals surface area contributed by atoms with Crippen molar-refractivity contribution in [3.05, 3.63) is 81.0 Å². The van der Waals surface area contributed by atoms with Crippen LogP contribution in [0.15, 0.2) is 48.7 Å². The third-order valence-electron chi connectivity index (χ3n) is 10.8. The zero-order valence-electron chi connectivity index (χ0n) is 32.4. The molecule has 4 aromatic rings. The molecule has 3 aliphatic heterocycles. The summed E-state index contributed by atoms with van der Waals surface area (Å²) in [5.74, 6) is -0.284. The third kappa shape index (κ3) is 8.90. The van der Waals surface area contributed by atoms with Crippen LogP contribution in [-0.4, -0.2) is 109 Å². The summed E-state index contributed by atoms with van der Waals surface area (Å²) < 4.78 is 17.2. The van der Waals surface area contributed by atoms with Crippen LogP contribution in [0.5, 0.6) is 17.2 Å². The lowest BCUT2D eigenvalue weighted by Crippen LogP contribution is -2.52. The van der Waals surface area contributed by atoms with E-state index < -0.39 is 11.9 Å². The average molecular weight is 843 g/mol. The van der Waals surface area contributed by atoms with E-state index in [0.717, 1.165) is 6.54 Å². The minimum absolute atomic E-state index is 0.00369. The molecule has 2 N–H and O–H groups in total. The molecule has 2 fully saturated rings. The Morgan fingerprint density at radius 3 is 2.51 bits per heavy atom. The number of ketones is 1. The summed E-state index contributed by atoms with van der Waals surface area (Å²) in [7, 11) is 3.03. The van der Waals surface area contributed by atoms with Gasteiger partial charge < -0.3 is 29.3 Å². The van der Waals surface area contributed by atoms with Crippen LogP contribution in [0.4, 0.5) is 11.4 Å². The van der Waals surface area contributed by atoms with Crippen LogP contribution in [-0.2, 0) is 32.1 Å². The van der Waals surface area contributed by atoms with Crippen molar-refractivity contribution in [3.63, 3.8) is 0 Å². The number of fused-ring (bicyclic) bond motifs is 2. The molecule has 1 atom stereocenters. The summed E-state index contributed by atoms with van der Waals surface area (Å²) in [6, 6.07) is 13.3. The molecular weight excluding hydrogens is 801 g/mol. The van der Waals surface area contributed by atoms with Gasteiger partial charge in [-0.25, -0.2) is 0 Å². The molecule has 59 heavy (non-hydrogen) atoms. The number of carbonyl (C=O) groups is 5. The van der Waals surface area contributed by atoms with E-state index in [4.69, 9.17) is 37.4 Å². The van der Waals surface area contributed by atoms with Gasteiger partial charge in [-0.1, -0.05) is 35.3 Å². The molecule has 1 aromatic heterocycles. The molecule has 306 valence electrons. The van der Waals surface area contributed by atoms with Crippen LogP contribution in [0.25, 0.3) is 10.9 Å². The summed E-state index contributed by atoms with van der Waals surface area (Å²) in [6.45, 7) is 3.55. The summed E-state index contributed by atoms with van der Waals surface area (Å²) in [5, 5.41) is 16.7. The molecule has 0 aliphatic carbocycles. The second-order valence-corrected chi connectivity index (χ2v) is 15.2. The molecule has 0 radical (unpaired) electrons. The third-order valence-corrected chi connectivity index (χ3v) is 11.4. The number of amides is 4. The number of nitrogens with one attached hydrogen (secondary N) is 2. The Labute approximate surface area is 350 Å². The van der Waals surface area contributed by atoms with Gasteiger partial charge in [0.25, 0.3) is 5.91 Å². The zero-order valence-corrected chi connectivity index (χ0v) is 34.0. The molecule has 7 rings (SSSR count). The number of nitrogens with zero attached hydrogens (tertiary/aromatic N) is 5. The van der Waals surface area contributed by atoms with Crippen molar-refractivity contribution in [2.75, 3.05) is 58.9 Å². The fourth-order valence-electron chi connectivity index (χ4n) is 7.67. The van der Waals surface area contributed by atoms with Gasteiger partial charge in [0.05, 0.1) is 59.7 Å². The Morgan fingerprint density at radius 1 is 1.00 bits per heavy atom. The topological polar surface area (TPSA) is 183 Å². The quantitative estimate of drug-likeness (QED) is 0.0981. The lowest BCUT2D eigenvalue weighted by molar-refractivity contribution is -0.138. The Morgan fingerprint density at radius 2 is 1.78 bits per heavy atom. The van der Waals surface area contributed by atoms with Gasteiger partial charge in [-0.2, -0.15) is 5.26 Å². The predicted molar refractivity (Wildman–Crippen MR) is 218 cm³/mol. The Kier molecular flexibility index (Phi) is 12.5. The second-order valence-electron chi connectivity index (χ2n) is 14.4. The molecule has 0 saturated carbocycles. The molecule has 0 bridgehead atoms. The number of piperidine rings is 1. The zero-order chi connectivity index (χ0) is 41.8. The first-order valence-corrected chi connectivity index (χ1v) is 19.8. The highest BCUT2D eigenvalue weighted by atomic mass is 35.5. The van der Waals surface area contributed by atoms with Crippen LogP contribution in [0.2, 0.25) is 10.0 Å². The molecule has 3 aliphatic rings. The number of imide groups is 1. The van der Waals surface area contributed by atoms with E-state index in [2.05, 4.69) is 26.6 Å². The van der Waals surface area contributed by atoms with Gasteiger partial charge in [0.1, 0.15) is 23.6 Å². The highest BCUT2D eigenvalue weighted by Crippen LogP contribution is 2.40. The largest absolute Gasteiger partial charge is 0.495 e. The van der Waals surface area contributed by atoms with Gasteiger partial charge in [-0.05, 0) is 42.2 Å². The van der Waals surface area contributed by atoms with Crippen molar-refractivity contribution in [2.24, 2.45) is 0 Å². The number of nitriles is 1. The molecule has 4 amide bonds. The van der Waals surface area contributed by atoms with Gasteiger partial charge in [0.2, 0.25) is 17.7 Å². The van der Waals surface area contributed by atoms with E-state index in [-0.39, 0.29) is 55.7 Å². The second kappa shape index (κ2) is 17.9. The van der Waals surface area contributed by atoms with Gasteiger partial charge in [0, 0.05) is 81.4 Å². The number of Topliss-reactive ketones (excluding diaryl/α,β-unsaturated/α-hetero) is 1. The summed E-state index contributed by atoms with van der Waals surface area (Å²) in [5.41, 5.74) is 3.59. The highest BCUT2D eigenvalue weighted by Gasteiger charge is 2.40. The maximum Gasteiger partial charge on any atom is 0.255 e. The number of anilines is 2. The number of hydrogen-bond acceptors (Lipinski definition) is 12. The molecule has 0 spiro atoms. The van der Waals surface area contributed by atoms with Crippen molar-refractivity contribution < 1.29 is 38.2 Å². The first-order valence-electron chi connectivity index (χ1n) is 19.1. The predicted octanol–water partition coefficient (Wildman–Crippen LogP) is 5.05. The van der Waals surface area contributed by atoms with Gasteiger partial charge in [0.15, 0.2) is 11.5 Å². The monoisotopic (exact) mass is 841 g/mol. The van der Waals surface area contributed by atoms with E-state index in [0.29, 0.717) is 111 Å². The first kappa shape index (κ1) is 41.2. The van der Waals surface area contributed by atoms with Crippen LogP contribution >= 0.6 is 23.2 Å². The highest BCUT2D eigenvalue weighted by molar-refractivity contribution is 6.37. The SMILES string of the molecule is COc1cc(Nc2c(C#N)cnc3cc(OCCCN4CCN(C(=O)CC(=O)Cc5cccc6c5CN(C5CCC(=O)NC5=O)C6=O)CC4)c(OC)cc23)c(Cl)cc1Cl. The maximum absolute atomic E-state index is 13.2. The van der Waals surface area contributed by atoms with Crippen LogP contribution in [0.1, 0.15) is 52.7 Å². The number of ether oxygens (including phenoxy) is 3. The number of benzene rings is 3. The van der Waals surface area contributed by atoms with Crippen LogP contribution < -0.4 is 24.8 Å². The number of piperazine rings is 1. The number of pyridine rings is 1. The summed E-state index contributed by atoms with van der Waals surface area (Å²) in [4.78, 5) is 73.5. The van der Waals surface area contributed by atoms with Gasteiger partial charge >= 0.3 is 0 Å². The molecular formula is C42H41Cl2N7O8. The van der Waals surface area contributed by atoms with Gasteiger partial charge in [-0.15, -0.1) is 0 Å². The summed E-state index contributed by atoms with van der Waals surface area (Å²) in [6.07, 6.45) is 2.32. The maximum atomic E-state index is 13.2. The number of rotatable bonds is 14. The molecule has 4 heterocycles. The van der Waals surface area contributed by atoms with Crippen LogP contribution in [0.3, 0.4) is 0 Å². The van der Waals surface area contributed by atoms with E-state index >= 15 is 0 Å². The van der Waals surface area contributed by atoms with E-state index in [9.17, 15) is 29.2 Å². The minimum Gasteiger partial charge on any atom is -0.495 e. The standard InChI is InChI=1S/C42H41Cl2N7O8/c1-57-35-20-33(30(43)18-31(35)44)47-40-25(21-45)22-46-32-19-37(36(58-2)17-28(32)40)59-14-4-9-49-10-12-50(13-11-49)39(54)16-26(52)15-24-5-3-6-27-29(24)23-51(42(27)56)34-7-8-38(53)48-41(34)55/h3,5-6,17-20,22,34H,4,7-16,23H2,1-2H3,(H,46,47)(H,48,53,55).